The van der Waals surface area contributed by atoms with E-state index in [1.165, 1.54) is 6.33 Å². The van der Waals surface area contributed by atoms with Gasteiger partial charge in [0, 0.05) is 7.05 Å². The summed E-state index contributed by atoms with van der Waals surface area (Å²) >= 11 is 0. The van der Waals surface area contributed by atoms with Crippen molar-refractivity contribution in [2.24, 2.45) is 0 Å². The molecule has 0 atom stereocenters. The summed E-state index contributed by atoms with van der Waals surface area (Å²) in [5.41, 5.74) is 4.14. The Bertz CT molecular complexity index is 947. The molecule has 0 radical (unpaired) electrons. The van der Waals surface area contributed by atoms with Gasteiger partial charge in [0.25, 0.3) is 0 Å². The Morgan fingerprint density at radius 2 is 1.91 bits per heavy atom. The van der Waals surface area contributed by atoms with Crippen LogP contribution in [0.5, 0.6) is 0 Å². The number of nitrogens with zero attached hydrogens (tertiary/aromatic N) is 6. The SMILES string of the molecule is CN(Cc1cnc2ccccc2n1)c1ncnc2nc[nH]c12. The lowest BCUT2D eigenvalue weighted by atomic mass is 10.3. The number of hydrogen-bond donors (Lipinski definition) is 1. The molecule has 0 aliphatic carbocycles. The van der Waals surface area contributed by atoms with Crippen LogP contribution in [0.3, 0.4) is 0 Å². The monoisotopic (exact) mass is 291 g/mol. The summed E-state index contributed by atoms with van der Waals surface area (Å²) in [4.78, 5) is 26.8. The van der Waals surface area contributed by atoms with Gasteiger partial charge < -0.3 is 9.88 Å². The van der Waals surface area contributed by atoms with Gasteiger partial charge in [-0.1, -0.05) is 12.1 Å². The van der Waals surface area contributed by atoms with Crippen molar-refractivity contribution in [3.05, 3.63) is 48.8 Å². The normalized spacial score (nSPS) is 11.1. The molecule has 4 aromatic rings. The van der Waals surface area contributed by atoms with E-state index in [1.807, 2.05) is 36.2 Å². The van der Waals surface area contributed by atoms with Gasteiger partial charge in [0.05, 0.1) is 35.8 Å². The number of benzene rings is 1. The smallest absolute Gasteiger partial charge is 0.182 e. The molecular weight excluding hydrogens is 278 g/mol. The van der Waals surface area contributed by atoms with Crippen LogP contribution in [0.4, 0.5) is 5.82 Å². The molecular formula is C15H13N7. The van der Waals surface area contributed by atoms with Gasteiger partial charge in [0.2, 0.25) is 0 Å². The van der Waals surface area contributed by atoms with Gasteiger partial charge >= 0.3 is 0 Å². The topological polar surface area (TPSA) is 83.5 Å². The third kappa shape index (κ3) is 2.12. The van der Waals surface area contributed by atoms with Gasteiger partial charge in [-0.3, -0.25) is 4.98 Å². The number of nitrogens with one attached hydrogen (secondary N) is 1. The van der Waals surface area contributed by atoms with Crippen LogP contribution in [0.25, 0.3) is 22.2 Å². The minimum atomic E-state index is 0.600. The predicted molar refractivity (Wildman–Crippen MR) is 83.3 cm³/mol. The predicted octanol–water partition coefficient (Wildman–Crippen LogP) is 1.93. The molecule has 0 bridgehead atoms. The Labute approximate surface area is 126 Å². The molecule has 4 rings (SSSR count). The molecule has 3 aromatic heterocycles. The number of aromatic amines is 1. The molecule has 0 saturated carbocycles. The summed E-state index contributed by atoms with van der Waals surface area (Å²) in [7, 11) is 1.96. The first-order valence-electron chi connectivity index (χ1n) is 6.87. The number of para-hydroxylation sites is 2. The van der Waals surface area contributed by atoms with E-state index >= 15 is 0 Å². The van der Waals surface area contributed by atoms with E-state index in [9.17, 15) is 0 Å². The first kappa shape index (κ1) is 12.6. The summed E-state index contributed by atoms with van der Waals surface area (Å²) < 4.78 is 0. The minimum Gasteiger partial charge on any atom is -0.352 e. The van der Waals surface area contributed by atoms with Crippen LogP contribution < -0.4 is 4.90 Å². The third-order valence-electron chi connectivity index (χ3n) is 3.46. The van der Waals surface area contributed by atoms with Crippen LogP contribution >= 0.6 is 0 Å². The Morgan fingerprint density at radius 3 is 2.82 bits per heavy atom. The van der Waals surface area contributed by atoms with E-state index in [4.69, 9.17) is 0 Å². The van der Waals surface area contributed by atoms with Crippen molar-refractivity contribution in [3.8, 4) is 0 Å². The van der Waals surface area contributed by atoms with Crippen LogP contribution in [-0.4, -0.2) is 37.0 Å². The first-order chi connectivity index (χ1) is 10.8. The van der Waals surface area contributed by atoms with E-state index in [2.05, 4.69) is 29.9 Å². The Balaban J connectivity index is 1.68. The van der Waals surface area contributed by atoms with Crippen LogP contribution in [0.2, 0.25) is 0 Å². The fourth-order valence-corrected chi connectivity index (χ4v) is 2.43. The zero-order chi connectivity index (χ0) is 14.9. The fourth-order valence-electron chi connectivity index (χ4n) is 2.43. The second-order valence-corrected chi connectivity index (χ2v) is 5.00. The van der Waals surface area contributed by atoms with Crippen molar-refractivity contribution < 1.29 is 0 Å². The van der Waals surface area contributed by atoms with E-state index in [0.717, 1.165) is 28.1 Å². The average Bonchev–Trinajstić information content (AvgIpc) is 3.03. The third-order valence-corrected chi connectivity index (χ3v) is 3.46. The van der Waals surface area contributed by atoms with Crippen molar-refractivity contribution in [2.45, 2.75) is 6.54 Å². The molecule has 7 nitrogen and oxygen atoms in total. The molecule has 108 valence electrons. The van der Waals surface area contributed by atoms with Crippen LogP contribution in [0.1, 0.15) is 5.69 Å². The van der Waals surface area contributed by atoms with Crippen LogP contribution in [0.15, 0.2) is 43.1 Å². The fraction of sp³-hybridized carbons (Fsp3) is 0.133. The Kier molecular flexibility index (Phi) is 2.89. The summed E-state index contributed by atoms with van der Waals surface area (Å²) in [6, 6.07) is 7.83. The number of fused-ring (bicyclic) bond motifs is 2. The summed E-state index contributed by atoms with van der Waals surface area (Å²) in [6.45, 7) is 0.600. The van der Waals surface area contributed by atoms with Crippen LogP contribution in [0, 0.1) is 0 Å². The molecule has 3 heterocycles. The molecule has 0 saturated heterocycles. The van der Waals surface area contributed by atoms with Crippen molar-refractivity contribution >= 4 is 28.0 Å². The lowest BCUT2D eigenvalue weighted by Crippen LogP contribution is -2.19. The quantitative estimate of drug-likeness (QED) is 0.621. The average molecular weight is 291 g/mol. The molecule has 1 aromatic carbocycles. The second kappa shape index (κ2) is 5.03. The largest absolute Gasteiger partial charge is 0.352 e. The van der Waals surface area contributed by atoms with Crippen molar-refractivity contribution in [1.82, 2.24) is 29.9 Å². The van der Waals surface area contributed by atoms with Crippen molar-refractivity contribution in [1.29, 1.82) is 0 Å². The molecule has 0 unspecified atom stereocenters. The highest BCUT2D eigenvalue weighted by Gasteiger charge is 2.11. The van der Waals surface area contributed by atoms with E-state index < -0.39 is 0 Å². The maximum Gasteiger partial charge on any atom is 0.182 e. The number of rotatable bonds is 3. The molecule has 0 aliphatic rings. The van der Waals surface area contributed by atoms with Crippen LogP contribution in [-0.2, 0) is 6.54 Å². The Morgan fingerprint density at radius 1 is 1.05 bits per heavy atom. The minimum absolute atomic E-state index is 0.600. The first-order valence-corrected chi connectivity index (χ1v) is 6.87. The maximum absolute atomic E-state index is 4.64. The molecule has 7 heteroatoms. The molecule has 1 N–H and O–H groups in total. The summed E-state index contributed by atoms with van der Waals surface area (Å²) in [5, 5.41) is 0. The zero-order valence-electron chi connectivity index (χ0n) is 11.9. The highest BCUT2D eigenvalue weighted by molar-refractivity contribution is 5.82. The number of imidazole rings is 1. The Hall–Kier alpha value is -3.09. The standard InChI is InChI=1S/C15H13N7/c1-22(15-13-14(18-8-17-13)19-9-20-15)7-10-6-16-11-4-2-3-5-12(11)21-10/h2-6,8-9H,7H2,1H3,(H,17,18,19,20). The number of hydrogen-bond acceptors (Lipinski definition) is 6. The lowest BCUT2D eigenvalue weighted by molar-refractivity contribution is 0.865. The zero-order valence-corrected chi connectivity index (χ0v) is 11.9. The molecule has 0 amide bonds. The molecule has 22 heavy (non-hydrogen) atoms. The van der Waals surface area contributed by atoms with E-state index in [-0.39, 0.29) is 0 Å². The second-order valence-electron chi connectivity index (χ2n) is 5.00. The van der Waals surface area contributed by atoms with Gasteiger partial charge in [0.1, 0.15) is 11.8 Å². The molecule has 0 aliphatic heterocycles. The number of aromatic nitrogens is 6. The van der Waals surface area contributed by atoms with Gasteiger partial charge in [-0.2, -0.15) is 0 Å². The van der Waals surface area contributed by atoms with Crippen molar-refractivity contribution in [2.75, 3.05) is 11.9 Å². The molecule has 0 fully saturated rings. The maximum atomic E-state index is 4.64. The van der Waals surface area contributed by atoms with Gasteiger partial charge in [-0.25, -0.2) is 19.9 Å². The number of anilines is 1. The van der Waals surface area contributed by atoms with Gasteiger partial charge in [-0.05, 0) is 12.1 Å². The lowest BCUT2D eigenvalue weighted by Gasteiger charge is -2.17. The highest BCUT2D eigenvalue weighted by Crippen LogP contribution is 2.20. The number of H-pyrrole nitrogens is 1. The van der Waals surface area contributed by atoms with E-state index in [0.29, 0.717) is 12.2 Å². The summed E-state index contributed by atoms with van der Waals surface area (Å²) in [5.74, 6) is 0.789. The van der Waals surface area contributed by atoms with Gasteiger partial charge in [-0.15, -0.1) is 0 Å². The highest BCUT2D eigenvalue weighted by atomic mass is 15.2. The van der Waals surface area contributed by atoms with Gasteiger partial charge in [0.15, 0.2) is 11.5 Å². The van der Waals surface area contributed by atoms with Crippen molar-refractivity contribution in [3.63, 3.8) is 0 Å². The van der Waals surface area contributed by atoms with E-state index in [1.54, 1.807) is 12.5 Å². The summed E-state index contributed by atoms with van der Waals surface area (Å²) in [6.07, 6.45) is 4.93. The molecule has 0 spiro atoms.